The Labute approximate surface area is 155 Å². The van der Waals surface area contributed by atoms with E-state index in [1.54, 1.807) is 0 Å². The number of nitrogens with two attached hydrogens (primary N) is 1. The number of benzene rings is 2. The van der Waals surface area contributed by atoms with Gasteiger partial charge < -0.3 is 15.0 Å². The largest absolute Gasteiger partial charge is 0.385 e. The van der Waals surface area contributed by atoms with Crippen LogP contribution in [0.15, 0.2) is 48.5 Å². The lowest BCUT2D eigenvalue weighted by Crippen LogP contribution is -2.85. The summed E-state index contributed by atoms with van der Waals surface area (Å²) in [6.07, 6.45) is 4.54. The van der Waals surface area contributed by atoms with Gasteiger partial charge in [0.05, 0.1) is 6.54 Å². The van der Waals surface area contributed by atoms with E-state index < -0.39 is 0 Å². The van der Waals surface area contributed by atoms with E-state index in [4.69, 9.17) is 0 Å². The molecule has 0 radical (unpaired) electrons. The van der Waals surface area contributed by atoms with Crippen LogP contribution in [0.2, 0.25) is 0 Å². The van der Waals surface area contributed by atoms with Crippen molar-refractivity contribution in [3.8, 4) is 0 Å². The Hall–Kier alpha value is -2.10. The first-order valence-electron chi connectivity index (χ1n) is 9.86. The molecule has 2 aromatic carbocycles. The molecular weight excluding hydrogens is 320 g/mol. The first-order valence-corrected chi connectivity index (χ1v) is 9.86. The van der Waals surface area contributed by atoms with Gasteiger partial charge in [0.2, 0.25) is 0 Å². The molecule has 1 aliphatic rings. The number of hydrogen-bond donors (Lipinski definition) is 2. The highest BCUT2D eigenvalue weighted by Gasteiger charge is 2.21. The van der Waals surface area contributed by atoms with E-state index >= 15 is 0 Å². The van der Waals surface area contributed by atoms with Gasteiger partial charge in [-0.15, -0.1) is 0 Å². The van der Waals surface area contributed by atoms with Crippen LogP contribution in [0.3, 0.4) is 0 Å². The molecule has 1 aliphatic carbocycles. The SMILES string of the molecule is Cc1ccc2c(c1)c1c(n2C[C@@H](O)C[NH2+]Cc2ccccc2)CCCC1. The third kappa shape index (κ3) is 3.55. The van der Waals surface area contributed by atoms with Crippen LogP contribution in [0.1, 0.15) is 35.2 Å². The van der Waals surface area contributed by atoms with Gasteiger partial charge in [-0.25, -0.2) is 0 Å². The van der Waals surface area contributed by atoms with Crippen LogP contribution < -0.4 is 5.32 Å². The molecule has 4 rings (SSSR count). The van der Waals surface area contributed by atoms with Crippen molar-refractivity contribution in [2.75, 3.05) is 6.54 Å². The van der Waals surface area contributed by atoms with Gasteiger partial charge in [0.1, 0.15) is 19.2 Å². The second-order valence-corrected chi connectivity index (χ2v) is 7.63. The van der Waals surface area contributed by atoms with Crippen molar-refractivity contribution in [2.45, 2.75) is 51.8 Å². The zero-order valence-electron chi connectivity index (χ0n) is 15.6. The minimum Gasteiger partial charge on any atom is -0.385 e. The van der Waals surface area contributed by atoms with Crippen LogP contribution in [-0.2, 0) is 25.9 Å². The van der Waals surface area contributed by atoms with Crippen LogP contribution >= 0.6 is 0 Å². The predicted octanol–water partition coefficient (Wildman–Crippen LogP) is 2.95. The number of aromatic nitrogens is 1. The Kier molecular flexibility index (Phi) is 5.09. The molecule has 136 valence electrons. The third-order valence-electron chi connectivity index (χ3n) is 5.59. The second kappa shape index (κ2) is 7.65. The van der Waals surface area contributed by atoms with Crippen molar-refractivity contribution in [1.82, 2.24) is 4.57 Å². The van der Waals surface area contributed by atoms with E-state index in [1.165, 1.54) is 52.5 Å². The molecule has 0 saturated carbocycles. The first kappa shape index (κ1) is 17.3. The van der Waals surface area contributed by atoms with Gasteiger partial charge in [-0.3, -0.25) is 0 Å². The number of fused-ring (bicyclic) bond motifs is 3. The Morgan fingerprint density at radius 2 is 1.88 bits per heavy atom. The summed E-state index contributed by atoms with van der Waals surface area (Å²) in [6, 6.07) is 17.2. The Balaban J connectivity index is 1.49. The quantitative estimate of drug-likeness (QED) is 0.706. The molecule has 0 aliphatic heterocycles. The predicted molar refractivity (Wildman–Crippen MR) is 106 cm³/mol. The van der Waals surface area contributed by atoms with E-state index in [1.807, 2.05) is 6.07 Å². The molecule has 1 atom stereocenters. The van der Waals surface area contributed by atoms with Crippen LogP contribution in [0.5, 0.6) is 0 Å². The normalized spacial score (nSPS) is 15.2. The summed E-state index contributed by atoms with van der Waals surface area (Å²) in [5.74, 6) is 0. The van der Waals surface area contributed by atoms with Crippen LogP contribution in [0, 0.1) is 6.92 Å². The monoisotopic (exact) mass is 349 g/mol. The highest BCUT2D eigenvalue weighted by atomic mass is 16.3. The summed E-state index contributed by atoms with van der Waals surface area (Å²) in [6.45, 7) is 4.51. The van der Waals surface area contributed by atoms with E-state index in [0.29, 0.717) is 6.54 Å². The van der Waals surface area contributed by atoms with Gasteiger partial charge in [-0.05, 0) is 50.3 Å². The molecule has 0 saturated heterocycles. The Morgan fingerprint density at radius 1 is 1.08 bits per heavy atom. The van der Waals surface area contributed by atoms with Crippen molar-refractivity contribution in [2.24, 2.45) is 0 Å². The lowest BCUT2D eigenvalue weighted by atomic mass is 9.95. The number of hydrogen-bond acceptors (Lipinski definition) is 1. The minimum atomic E-state index is -0.332. The number of rotatable bonds is 6. The topological polar surface area (TPSA) is 41.8 Å². The smallest absolute Gasteiger partial charge is 0.121 e. The molecule has 0 fully saturated rings. The number of aliphatic hydroxyl groups excluding tert-OH is 1. The van der Waals surface area contributed by atoms with E-state index in [-0.39, 0.29) is 6.10 Å². The minimum absolute atomic E-state index is 0.332. The van der Waals surface area contributed by atoms with Gasteiger partial charge in [0.15, 0.2) is 0 Å². The fourth-order valence-electron chi connectivity index (χ4n) is 4.30. The molecule has 1 heterocycles. The van der Waals surface area contributed by atoms with Crippen LogP contribution in [0.4, 0.5) is 0 Å². The lowest BCUT2D eigenvalue weighted by Gasteiger charge is -2.18. The molecule has 3 aromatic rings. The van der Waals surface area contributed by atoms with Gasteiger partial charge in [0.25, 0.3) is 0 Å². The molecule has 3 heteroatoms. The molecule has 0 amide bonds. The van der Waals surface area contributed by atoms with Crippen molar-refractivity contribution in [1.29, 1.82) is 0 Å². The van der Waals surface area contributed by atoms with Crippen molar-refractivity contribution in [3.05, 3.63) is 70.9 Å². The summed E-state index contributed by atoms with van der Waals surface area (Å²) < 4.78 is 2.39. The molecule has 0 bridgehead atoms. The third-order valence-corrected chi connectivity index (χ3v) is 5.59. The van der Waals surface area contributed by atoms with Gasteiger partial charge in [-0.1, -0.05) is 42.0 Å². The molecular formula is C23H29N2O+. The van der Waals surface area contributed by atoms with Crippen LogP contribution in [0.25, 0.3) is 10.9 Å². The number of aryl methyl sites for hydroxylation is 2. The highest BCUT2D eigenvalue weighted by Crippen LogP contribution is 2.32. The molecule has 1 aromatic heterocycles. The maximum atomic E-state index is 10.7. The summed E-state index contributed by atoms with van der Waals surface area (Å²) in [4.78, 5) is 0. The van der Waals surface area contributed by atoms with Crippen molar-refractivity contribution in [3.63, 3.8) is 0 Å². The van der Waals surface area contributed by atoms with Gasteiger partial charge in [0, 0.05) is 22.2 Å². The highest BCUT2D eigenvalue weighted by molar-refractivity contribution is 5.86. The van der Waals surface area contributed by atoms with Crippen molar-refractivity contribution >= 4 is 10.9 Å². The standard InChI is InChI=1S/C23H28N2O/c1-17-11-12-23-21(13-17)20-9-5-6-10-22(20)25(23)16-19(26)15-24-14-18-7-3-2-4-8-18/h2-4,7-8,11-13,19,24,26H,5-6,9-10,14-16H2,1H3/p+1/t19-/m0/s1. The zero-order valence-corrected chi connectivity index (χ0v) is 15.6. The second-order valence-electron chi connectivity index (χ2n) is 7.63. The van der Waals surface area contributed by atoms with Crippen LogP contribution in [-0.4, -0.2) is 22.3 Å². The number of quaternary nitrogens is 1. The molecule has 3 nitrogen and oxygen atoms in total. The molecule has 3 N–H and O–H groups in total. The fourth-order valence-corrected chi connectivity index (χ4v) is 4.30. The Morgan fingerprint density at radius 3 is 2.73 bits per heavy atom. The average molecular weight is 349 g/mol. The summed E-state index contributed by atoms with van der Waals surface area (Å²) in [5, 5.41) is 14.3. The van der Waals surface area contributed by atoms with Crippen molar-refractivity contribution < 1.29 is 10.4 Å². The number of aliphatic hydroxyl groups is 1. The summed E-state index contributed by atoms with van der Waals surface area (Å²) in [5.41, 5.74) is 6.90. The van der Waals surface area contributed by atoms with E-state index in [2.05, 4.69) is 59.3 Å². The summed E-state index contributed by atoms with van der Waals surface area (Å²) >= 11 is 0. The average Bonchev–Trinajstić information content (AvgIpc) is 2.96. The van der Waals surface area contributed by atoms with E-state index in [9.17, 15) is 5.11 Å². The maximum absolute atomic E-state index is 10.7. The summed E-state index contributed by atoms with van der Waals surface area (Å²) in [7, 11) is 0. The number of nitrogens with zero attached hydrogens (tertiary/aromatic N) is 1. The lowest BCUT2D eigenvalue weighted by molar-refractivity contribution is -0.676. The molecule has 0 spiro atoms. The first-order chi connectivity index (χ1) is 12.7. The molecule has 26 heavy (non-hydrogen) atoms. The maximum Gasteiger partial charge on any atom is 0.121 e. The van der Waals surface area contributed by atoms with E-state index in [0.717, 1.165) is 19.5 Å². The molecule has 0 unspecified atom stereocenters. The zero-order chi connectivity index (χ0) is 17.9. The van der Waals surface area contributed by atoms with Gasteiger partial charge >= 0.3 is 0 Å². The fraction of sp³-hybridized carbons (Fsp3) is 0.391. The Bertz CT molecular complexity index is 882. The van der Waals surface area contributed by atoms with Gasteiger partial charge in [-0.2, -0.15) is 0 Å².